The van der Waals surface area contributed by atoms with Crippen molar-refractivity contribution in [3.05, 3.63) is 26.6 Å². The average molecular weight is 292 g/mol. The van der Waals surface area contributed by atoms with Gasteiger partial charge in [0, 0.05) is 31.1 Å². The monoisotopic (exact) mass is 292 g/mol. The Labute approximate surface area is 122 Å². The van der Waals surface area contributed by atoms with E-state index < -0.39 is 0 Å². The number of aromatic nitrogens is 2. The van der Waals surface area contributed by atoms with E-state index in [1.807, 2.05) is 13.8 Å². The lowest BCUT2D eigenvalue weighted by molar-refractivity contribution is 0.179. The van der Waals surface area contributed by atoms with E-state index in [-0.39, 0.29) is 11.6 Å². The fourth-order valence-corrected chi connectivity index (χ4v) is 3.75. The van der Waals surface area contributed by atoms with Crippen molar-refractivity contribution < 1.29 is 0 Å². The van der Waals surface area contributed by atoms with Gasteiger partial charge in [-0.3, -0.25) is 9.69 Å². The summed E-state index contributed by atoms with van der Waals surface area (Å²) < 4.78 is 0. The van der Waals surface area contributed by atoms with Gasteiger partial charge < -0.3 is 10.3 Å². The smallest absolute Gasteiger partial charge is 0.259 e. The Hall–Kier alpha value is -1.24. The maximum absolute atomic E-state index is 12.3. The van der Waals surface area contributed by atoms with Gasteiger partial charge in [0.05, 0.1) is 11.4 Å². The SMILES string of the molecule is Cc1sc2nc(C(C)N3CCNCC3)[nH]c(=O)c2c1C. The molecule has 1 aliphatic heterocycles. The number of fused-ring (bicyclic) bond motifs is 1. The van der Waals surface area contributed by atoms with Gasteiger partial charge in [-0.2, -0.15) is 0 Å². The fraction of sp³-hybridized carbons (Fsp3) is 0.571. The molecule has 1 fully saturated rings. The fourth-order valence-electron chi connectivity index (χ4n) is 2.71. The number of hydrogen-bond donors (Lipinski definition) is 2. The minimum atomic E-state index is -0.00571. The molecule has 1 atom stereocenters. The van der Waals surface area contributed by atoms with Crippen LogP contribution in [0.1, 0.15) is 29.2 Å². The van der Waals surface area contributed by atoms with Crippen LogP contribution in [0.4, 0.5) is 0 Å². The predicted molar refractivity (Wildman–Crippen MR) is 82.6 cm³/mol. The van der Waals surface area contributed by atoms with Crippen molar-refractivity contribution in [3.63, 3.8) is 0 Å². The van der Waals surface area contributed by atoms with Gasteiger partial charge in [0.25, 0.3) is 5.56 Å². The summed E-state index contributed by atoms with van der Waals surface area (Å²) in [6.07, 6.45) is 0. The number of piperazine rings is 1. The number of aromatic amines is 1. The number of hydrogen-bond acceptors (Lipinski definition) is 5. The Kier molecular flexibility index (Phi) is 3.62. The Bertz CT molecular complexity index is 684. The van der Waals surface area contributed by atoms with Gasteiger partial charge in [-0.05, 0) is 26.3 Å². The predicted octanol–water partition coefficient (Wildman–Crippen LogP) is 1.57. The lowest BCUT2D eigenvalue weighted by Gasteiger charge is -2.32. The van der Waals surface area contributed by atoms with E-state index in [0.717, 1.165) is 47.8 Å². The van der Waals surface area contributed by atoms with Gasteiger partial charge >= 0.3 is 0 Å². The van der Waals surface area contributed by atoms with Crippen LogP contribution in [0.15, 0.2) is 4.79 Å². The summed E-state index contributed by atoms with van der Waals surface area (Å²) >= 11 is 1.61. The van der Waals surface area contributed by atoms with Gasteiger partial charge in [-0.1, -0.05) is 0 Å². The third-order valence-electron chi connectivity index (χ3n) is 4.15. The van der Waals surface area contributed by atoms with Crippen LogP contribution in [-0.4, -0.2) is 41.0 Å². The normalized spacial score (nSPS) is 18.6. The minimum Gasteiger partial charge on any atom is -0.314 e. The highest BCUT2D eigenvalue weighted by molar-refractivity contribution is 7.18. The van der Waals surface area contributed by atoms with Gasteiger partial charge in [0.15, 0.2) is 0 Å². The summed E-state index contributed by atoms with van der Waals surface area (Å²) in [5.41, 5.74) is 1.05. The van der Waals surface area contributed by atoms with E-state index in [9.17, 15) is 4.79 Å². The van der Waals surface area contributed by atoms with Crippen LogP contribution < -0.4 is 10.9 Å². The van der Waals surface area contributed by atoms with Crippen molar-refractivity contribution >= 4 is 21.6 Å². The number of rotatable bonds is 2. The van der Waals surface area contributed by atoms with Gasteiger partial charge in [-0.25, -0.2) is 4.98 Å². The number of H-pyrrole nitrogens is 1. The maximum atomic E-state index is 12.3. The summed E-state index contributed by atoms with van der Waals surface area (Å²) in [7, 11) is 0. The van der Waals surface area contributed by atoms with Crippen molar-refractivity contribution in [1.82, 2.24) is 20.2 Å². The van der Waals surface area contributed by atoms with Gasteiger partial charge in [0.1, 0.15) is 10.7 Å². The summed E-state index contributed by atoms with van der Waals surface area (Å²) in [6.45, 7) is 10.1. The standard InChI is InChI=1S/C14H20N4OS/c1-8-10(3)20-14-11(8)13(19)16-12(17-14)9(2)18-6-4-15-5-7-18/h9,15H,4-7H2,1-3H3,(H,16,17,19). The zero-order valence-corrected chi connectivity index (χ0v) is 12.9. The molecule has 3 rings (SSSR count). The maximum Gasteiger partial charge on any atom is 0.259 e. The second-order valence-electron chi connectivity index (χ2n) is 5.38. The second-order valence-corrected chi connectivity index (χ2v) is 6.58. The first kappa shape index (κ1) is 13.7. The first-order chi connectivity index (χ1) is 9.58. The summed E-state index contributed by atoms with van der Waals surface area (Å²) in [6, 6.07) is 0.150. The Morgan fingerprint density at radius 2 is 2.00 bits per heavy atom. The molecule has 3 heterocycles. The quantitative estimate of drug-likeness (QED) is 0.882. The number of thiophene rings is 1. The van der Waals surface area contributed by atoms with E-state index >= 15 is 0 Å². The topological polar surface area (TPSA) is 61.0 Å². The van der Waals surface area contributed by atoms with Gasteiger partial charge in [-0.15, -0.1) is 11.3 Å². The zero-order valence-electron chi connectivity index (χ0n) is 12.1. The van der Waals surface area contributed by atoms with Crippen molar-refractivity contribution in [2.75, 3.05) is 26.2 Å². The summed E-state index contributed by atoms with van der Waals surface area (Å²) in [5, 5.41) is 4.09. The summed E-state index contributed by atoms with van der Waals surface area (Å²) in [5.74, 6) is 0.783. The van der Waals surface area contributed by atoms with Crippen molar-refractivity contribution in [2.45, 2.75) is 26.8 Å². The largest absolute Gasteiger partial charge is 0.314 e. The third-order valence-corrected chi connectivity index (χ3v) is 5.25. The molecule has 1 aliphatic rings. The molecular weight excluding hydrogens is 272 g/mol. The lowest BCUT2D eigenvalue weighted by atomic mass is 10.2. The van der Waals surface area contributed by atoms with E-state index in [1.54, 1.807) is 11.3 Å². The second kappa shape index (κ2) is 5.27. The first-order valence-electron chi connectivity index (χ1n) is 7.02. The molecule has 0 saturated carbocycles. The average Bonchev–Trinajstić information content (AvgIpc) is 2.74. The van der Waals surface area contributed by atoms with E-state index in [4.69, 9.17) is 4.98 Å². The highest BCUT2D eigenvalue weighted by Gasteiger charge is 2.21. The van der Waals surface area contributed by atoms with Crippen LogP contribution in [0, 0.1) is 13.8 Å². The van der Waals surface area contributed by atoms with Crippen LogP contribution in [0.3, 0.4) is 0 Å². The van der Waals surface area contributed by atoms with Crippen LogP contribution in [0.2, 0.25) is 0 Å². The molecule has 1 saturated heterocycles. The molecule has 5 nitrogen and oxygen atoms in total. The van der Waals surface area contributed by atoms with Crippen molar-refractivity contribution in [3.8, 4) is 0 Å². The van der Waals surface area contributed by atoms with Crippen LogP contribution in [0.25, 0.3) is 10.2 Å². The molecule has 6 heteroatoms. The van der Waals surface area contributed by atoms with Crippen LogP contribution >= 0.6 is 11.3 Å². The first-order valence-corrected chi connectivity index (χ1v) is 7.84. The zero-order chi connectivity index (χ0) is 14.3. The Balaban J connectivity index is 2.01. The molecule has 0 aromatic carbocycles. The molecule has 20 heavy (non-hydrogen) atoms. The summed E-state index contributed by atoms with van der Waals surface area (Å²) in [4.78, 5) is 24.4. The highest BCUT2D eigenvalue weighted by atomic mass is 32.1. The molecule has 0 bridgehead atoms. The molecule has 0 spiro atoms. The molecular formula is C14H20N4OS. The third kappa shape index (κ3) is 2.28. The van der Waals surface area contributed by atoms with Crippen molar-refractivity contribution in [1.29, 1.82) is 0 Å². The Morgan fingerprint density at radius 1 is 1.30 bits per heavy atom. The minimum absolute atomic E-state index is 0.00571. The highest BCUT2D eigenvalue weighted by Crippen LogP contribution is 2.27. The molecule has 2 N–H and O–H groups in total. The molecule has 1 unspecified atom stereocenters. The van der Waals surface area contributed by atoms with E-state index in [2.05, 4.69) is 22.1 Å². The molecule has 0 radical (unpaired) electrons. The van der Waals surface area contributed by atoms with Gasteiger partial charge in [0.2, 0.25) is 0 Å². The molecule has 2 aromatic heterocycles. The molecule has 2 aromatic rings. The number of nitrogens with one attached hydrogen (secondary N) is 2. The van der Waals surface area contributed by atoms with Crippen molar-refractivity contribution in [2.24, 2.45) is 0 Å². The van der Waals surface area contributed by atoms with Crippen LogP contribution in [0.5, 0.6) is 0 Å². The Morgan fingerprint density at radius 3 is 2.70 bits per heavy atom. The molecule has 108 valence electrons. The molecule has 0 aliphatic carbocycles. The van der Waals surface area contributed by atoms with Crippen LogP contribution in [-0.2, 0) is 0 Å². The van der Waals surface area contributed by atoms with E-state index in [0.29, 0.717) is 0 Å². The lowest BCUT2D eigenvalue weighted by Crippen LogP contribution is -2.45. The number of aryl methyl sites for hydroxylation is 2. The van der Waals surface area contributed by atoms with E-state index in [1.165, 1.54) is 4.88 Å². The number of nitrogens with zero attached hydrogens (tertiary/aromatic N) is 2. The molecule has 0 amide bonds.